The van der Waals surface area contributed by atoms with Gasteiger partial charge in [-0.15, -0.1) is 0 Å². The maximum Gasteiger partial charge on any atom is 0.300 e. The van der Waals surface area contributed by atoms with Crippen LogP contribution in [-0.4, -0.2) is 5.91 Å². The molecule has 0 aliphatic carbocycles. The molecule has 2 aromatic rings. The molecular weight excluding hydrogens is 331 g/mol. The lowest BCUT2D eigenvalue weighted by atomic mass is 10.2. The number of benzene rings is 1. The highest BCUT2D eigenvalue weighted by Crippen LogP contribution is 2.27. The van der Waals surface area contributed by atoms with E-state index in [-0.39, 0.29) is 18.2 Å². The van der Waals surface area contributed by atoms with Crippen LogP contribution in [0.4, 0.5) is 4.39 Å². The maximum absolute atomic E-state index is 12.9. The Hall–Kier alpha value is -1.86. The molecule has 3 N–H and O–H groups in total. The fraction of sp³-hybridized carbons (Fsp3) is 0.154. The number of hydrogen-bond donors (Lipinski definition) is 2. The molecule has 0 saturated carbocycles. The second-order valence-corrected chi connectivity index (χ2v) is 4.88. The van der Waals surface area contributed by atoms with Crippen LogP contribution in [0, 0.1) is 12.7 Å². The first-order chi connectivity index (χ1) is 9.51. The Balaban J connectivity index is 2.11. The van der Waals surface area contributed by atoms with Crippen LogP contribution in [0.25, 0.3) is 0 Å². The molecule has 1 heterocycles. The van der Waals surface area contributed by atoms with Gasteiger partial charge in [0, 0.05) is 5.56 Å². The summed E-state index contributed by atoms with van der Waals surface area (Å²) in [5.41, 5.74) is 2.70. The lowest BCUT2D eigenvalue weighted by Crippen LogP contribution is -2.29. The van der Waals surface area contributed by atoms with Crippen molar-refractivity contribution in [3.05, 3.63) is 51.6 Å². The third kappa shape index (κ3) is 3.17. The van der Waals surface area contributed by atoms with Crippen LogP contribution in [0.2, 0.25) is 0 Å². The summed E-state index contributed by atoms with van der Waals surface area (Å²) in [5.74, 6) is 5.33. The fourth-order valence-corrected chi connectivity index (χ4v) is 2.06. The zero-order valence-electron chi connectivity index (χ0n) is 10.6. The third-order valence-corrected chi connectivity index (χ3v) is 3.27. The van der Waals surface area contributed by atoms with Crippen LogP contribution in [0.15, 0.2) is 33.2 Å². The lowest BCUT2D eigenvalue weighted by molar-refractivity contribution is 0.0924. The standard InChI is InChI=1S/C13H12BrFN2O3/c1-7-8(4-12(20-7)13(18)17-16)6-19-11-3-2-9(15)5-10(11)14/h2-5H,6,16H2,1H3,(H,17,18). The van der Waals surface area contributed by atoms with Crippen molar-refractivity contribution in [2.75, 3.05) is 0 Å². The van der Waals surface area contributed by atoms with E-state index >= 15 is 0 Å². The van der Waals surface area contributed by atoms with Crippen LogP contribution < -0.4 is 16.0 Å². The molecule has 0 bridgehead atoms. The molecule has 0 radical (unpaired) electrons. The van der Waals surface area contributed by atoms with Gasteiger partial charge in [-0.3, -0.25) is 10.2 Å². The van der Waals surface area contributed by atoms with E-state index in [1.807, 2.05) is 5.43 Å². The summed E-state index contributed by atoms with van der Waals surface area (Å²) in [4.78, 5) is 11.3. The quantitative estimate of drug-likeness (QED) is 0.508. The van der Waals surface area contributed by atoms with E-state index in [9.17, 15) is 9.18 Å². The van der Waals surface area contributed by atoms with E-state index in [0.29, 0.717) is 21.5 Å². The number of rotatable bonds is 4. The highest BCUT2D eigenvalue weighted by atomic mass is 79.9. The number of carbonyl (C=O) groups is 1. The summed E-state index contributed by atoms with van der Waals surface area (Å²) in [6.07, 6.45) is 0. The van der Waals surface area contributed by atoms with Gasteiger partial charge in [-0.1, -0.05) is 0 Å². The van der Waals surface area contributed by atoms with Crippen molar-refractivity contribution in [2.24, 2.45) is 5.84 Å². The Morgan fingerprint density at radius 3 is 2.90 bits per heavy atom. The number of halogens is 2. The van der Waals surface area contributed by atoms with Crippen LogP contribution in [0.1, 0.15) is 21.9 Å². The van der Waals surface area contributed by atoms with Crippen molar-refractivity contribution < 1.29 is 18.3 Å². The third-order valence-electron chi connectivity index (χ3n) is 2.65. The van der Waals surface area contributed by atoms with Gasteiger partial charge < -0.3 is 9.15 Å². The molecule has 0 saturated heterocycles. The molecule has 0 fully saturated rings. The molecule has 2 rings (SSSR count). The summed E-state index contributed by atoms with van der Waals surface area (Å²) in [7, 11) is 0. The summed E-state index contributed by atoms with van der Waals surface area (Å²) >= 11 is 3.21. The van der Waals surface area contributed by atoms with Crippen LogP contribution >= 0.6 is 15.9 Å². The van der Waals surface area contributed by atoms with Gasteiger partial charge in [0.15, 0.2) is 5.76 Å². The predicted molar refractivity (Wildman–Crippen MR) is 73.5 cm³/mol. The average molecular weight is 343 g/mol. The van der Waals surface area contributed by atoms with Crippen LogP contribution in [-0.2, 0) is 6.61 Å². The van der Waals surface area contributed by atoms with Gasteiger partial charge in [-0.2, -0.15) is 0 Å². The van der Waals surface area contributed by atoms with Gasteiger partial charge >= 0.3 is 5.91 Å². The van der Waals surface area contributed by atoms with E-state index in [1.165, 1.54) is 18.2 Å². The van der Waals surface area contributed by atoms with Gasteiger partial charge in [0.25, 0.3) is 0 Å². The van der Waals surface area contributed by atoms with Crippen molar-refractivity contribution >= 4 is 21.8 Å². The average Bonchev–Trinajstić information content (AvgIpc) is 2.78. The van der Waals surface area contributed by atoms with Gasteiger partial charge in [0.1, 0.15) is 23.9 Å². The number of hydrogen-bond acceptors (Lipinski definition) is 4. The first-order valence-electron chi connectivity index (χ1n) is 5.69. The predicted octanol–water partition coefficient (Wildman–Crippen LogP) is 2.67. The van der Waals surface area contributed by atoms with Crippen molar-refractivity contribution in [2.45, 2.75) is 13.5 Å². The Labute approximate surface area is 123 Å². The topological polar surface area (TPSA) is 77.5 Å². The molecule has 0 aliphatic heterocycles. The molecule has 5 nitrogen and oxygen atoms in total. The van der Waals surface area contributed by atoms with E-state index in [1.54, 1.807) is 13.0 Å². The molecule has 1 amide bonds. The number of nitrogens with two attached hydrogens (primary N) is 1. The summed E-state index contributed by atoms with van der Waals surface area (Å²) < 4.78 is 24.3. The Kier molecular flexibility index (Phi) is 4.41. The second-order valence-electron chi connectivity index (χ2n) is 4.03. The first kappa shape index (κ1) is 14.5. The van der Waals surface area contributed by atoms with Gasteiger partial charge in [-0.25, -0.2) is 10.2 Å². The van der Waals surface area contributed by atoms with Crippen molar-refractivity contribution in [3.8, 4) is 5.75 Å². The smallest absolute Gasteiger partial charge is 0.300 e. The monoisotopic (exact) mass is 342 g/mol. The van der Waals surface area contributed by atoms with Crippen LogP contribution in [0.5, 0.6) is 5.75 Å². The number of amides is 1. The highest BCUT2D eigenvalue weighted by Gasteiger charge is 2.14. The molecule has 0 aliphatic rings. The lowest BCUT2D eigenvalue weighted by Gasteiger charge is -2.07. The summed E-state index contributed by atoms with van der Waals surface area (Å²) in [6.45, 7) is 1.91. The van der Waals surface area contributed by atoms with E-state index in [4.69, 9.17) is 15.0 Å². The number of ether oxygens (including phenoxy) is 1. The minimum Gasteiger partial charge on any atom is -0.488 e. The van der Waals surface area contributed by atoms with E-state index in [0.717, 1.165) is 0 Å². The molecule has 1 aromatic carbocycles. The van der Waals surface area contributed by atoms with Crippen LogP contribution in [0.3, 0.4) is 0 Å². The number of aryl methyl sites for hydroxylation is 1. The van der Waals surface area contributed by atoms with E-state index in [2.05, 4.69) is 15.9 Å². The number of carbonyl (C=O) groups excluding carboxylic acids is 1. The zero-order chi connectivity index (χ0) is 14.7. The SMILES string of the molecule is Cc1oc(C(=O)NN)cc1COc1ccc(F)cc1Br. The number of nitrogen functional groups attached to an aromatic ring is 1. The second kappa shape index (κ2) is 6.06. The van der Waals surface area contributed by atoms with Gasteiger partial charge in [-0.05, 0) is 47.1 Å². The van der Waals surface area contributed by atoms with Crippen molar-refractivity contribution in [3.63, 3.8) is 0 Å². The number of furan rings is 1. The Bertz CT molecular complexity index is 643. The fourth-order valence-electron chi connectivity index (χ4n) is 1.59. The molecule has 1 aromatic heterocycles. The minimum absolute atomic E-state index is 0.113. The minimum atomic E-state index is -0.512. The molecule has 7 heteroatoms. The molecular formula is C13H12BrFN2O3. The molecule has 106 valence electrons. The Morgan fingerprint density at radius 2 is 2.25 bits per heavy atom. The number of nitrogens with one attached hydrogen (secondary N) is 1. The number of hydrazine groups is 1. The molecule has 0 atom stereocenters. The van der Waals surface area contributed by atoms with E-state index < -0.39 is 5.91 Å². The molecule has 0 unspecified atom stereocenters. The molecule has 0 spiro atoms. The normalized spacial score (nSPS) is 10.4. The summed E-state index contributed by atoms with van der Waals surface area (Å²) in [6, 6.07) is 5.68. The summed E-state index contributed by atoms with van der Waals surface area (Å²) in [5, 5.41) is 0. The van der Waals surface area contributed by atoms with Gasteiger partial charge in [0.2, 0.25) is 0 Å². The first-order valence-corrected chi connectivity index (χ1v) is 6.48. The highest BCUT2D eigenvalue weighted by molar-refractivity contribution is 9.10. The Morgan fingerprint density at radius 1 is 1.50 bits per heavy atom. The molecule has 20 heavy (non-hydrogen) atoms. The maximum atomic E-state index is 12.9. The largest absolute Gasteiger partial charge is 0.488 e. The van der Waals surface area contributed by atoms with Gasteiger partial charge in [0.05, 0.1) is 4.47 Å². The zero-order valence-corrected chi connectivity index (χ0v) is 12.2. The van der Waals surface area contributed by atoms with Crippen molar-refractivity contribution in [1.82, 2.24) is 5.43 Å². The van der Waals surface area contributed by atoms with Crippen molar-refractivity contribution in [1.29, 1.82) is 0 Å².